The molecule has 1 aliphatic heterocycles. The lowest BCUT2D eigenvalue weighted by molar-refractivity contribution is -0.144. The first-order valence-corrected chi connectivity index (χ1v) is 5.18. The number of hydrogen-bond donors (Lipinski definition) is 1. The van der Waals surface area contributed by atoms with Gasteiger partial charge in [0.25, 0.3) is 0 Å². The minimum atomic E-state index is -0.649. The topological polar surface area (TPSA) is 61.5 Å². The number of rotatable bonds is 2. The zero-order valence-electron chi connectivity index (χ0n) is 10.2. The molecule has 0 aromatic heterocycles. The third kappa shape index (κ3) is 2.32. The van der Waals surface area contributed by atoms with Gasteiger partial charge >= 0.3 is 5.97 Å². The molecule has 0 radical (unpaired) electrons. The standard InChI is InChI=1S/C11H21NO3/c1-9(2)7-11(12,6-8(13)14-5)10(3,4)15-9/h6-7,12H2,1-5H3. The molecule has 1 heterocycles. The number of carbonyl (C=O) groups excluding carboxylic acids is 1. The Morgan fingerprint density at radius 2 is 1.93 bits per heavy atom. The van der Waals surface area contributed by atoms with Crippen LogP contribution < -0.4 is 5.73 Å². The third-order valence-corrected chi connectivity index (χ3v) is 3.16. The Balaban J connectivity index is 2.88. The van der Waals surface area contributed by atoms with Crippen LogP contribution in [-0.2, 0) is 14.3 Å². The lowest BCUT2D eigenvalue weighted by Gasteiger charge is -2.35. The Labute approximate surface area is 91.1 Å². The van der Waals surface area contributed by atoms with Crippen molar-refractivity contribution in [2.75, 3.05) is 7.11 Å². The molecule has 1 rings (SSSR count). The van der Waals surface area contributed by atoms with Crippen molar-refractivity contribution in [2.24, 2.45) is 5.73 Å². The van der Waals surface area contributed by atoms with Crippen molar-refractivity contribution in [3.05, 3.63) is 0 Å². The van der Waals surface area contributed by atoms with Crippen LogP contribution in [0.4, 0.5) is 0 Å². The van der Waals surface area contributed by atoms with E-state index in [4.69, 9.17) is 10.5 Å². The lowest BCUT2D eigenvalue weighted by Crippen LogP contribution is -2.55. The zero-order valence-corrected chi connectivity index (χ0v) is 10.2. The van der Waals surface area contributed by atoms with Crippen LogP contribution in [0.1, 0.15) is 40.5 Å². The van der Waals surface area contributed by atoms with Gasteiger partial charge in [-0.05, 0) is 34.1 Å². The van der Waals surface area contributed by atoms with E-state index in [0.717, 1.165) is 0 Å². The van der Waals surface area contributed by atoms with Crippen molar-refractivity contribution in [3.8, 4) is 0 Å². The fourth-order valence-electron chi connectivity index (χ4n) is 2.41. The molecule has 1 aliphatic rings. The highest BCUT2D eigenvalue weighted by molar-refractivity contribution is 5.71. The number of ether oxygens (including phenoxy) is 2. The van der Waals surface area contributed by atoms with E-state index in [9.17, 15) is 4.79 Å². The van der Waals surface area contributed by atoms with Gasteiger partial charge in [0.1, 0.15) is 0 Å². The molecule has 0 saturated carbocycles. The van der Waals surface area contributed by atoms with Crippen LogP contribution >= 0.6 is 0 Å². The molecule has 0 amide bonds. The van der Waals surface area contributed by atoms with Crippen molar-refractivity contribution >= 4 is 5.97 Å². The SMILES string of the molecule is COC(=O)CC1(N)CC(C)(C)OC1(C)C. The highest BCUT2D eigenvalue weighted by atomic mass is 16.5. The van der Waals surface area contributed by atoms with Crippen LogP contribution in [0, 0.1) is 0 Å². The number of carbonyl (C=O) groups is 1. The van der Waals surface area contributed by atoms with E-state index in [2.05, 4.69) is 4.74 Å². The highest BCUT2D eigenvalue weighted by Crippen LogP contribution is 2.45. The van der Waals surface area contributed by atoms with Crippen LogP contribution in [0.2, 0.25) is 0 Å². The second-order valence-electron chi connectivity index (χ2n) is 5.46. The van der Waals surface area contributed by atoms with E-state index in [0.29, 0.717) is 6.42 Å². The average molecular weight is 215 g/mol. The molecule has 1 atom stereocenters. The number of methoxy groups -OCH3 is 1. The average Bonchev–Trinajstić information content (AvgIpc) is 2.14. The van der Waals surface area contributed by atoms with Crippen molar-refractivity contribution < 1.29 is 14.3 Å². The molecule has 2 N–H and O–H groups in total. The summed E-state index contributed by atoms with van der Waals surface area (Å²) in [5.41, 5.74) is 4.82. The number of esters is 1. The largest absolute Gasteiger partial charge is 0.469 e. The Bertz CT molecular complexity index is 273. The first-order chi connectivity index (χ1) is 6.62. The molecule has 1 saturated heterocycles. The van der Waals surface area contributed by atoms with Gasteiger partial charge in [0.15, 0.2) is 0 Å². The summed E-state index contributed by atoms with van der Waals surface area (Å²) in [6.45, 7) is 7.82. The maximum Gasteiger partial charge on any atom is 0.307 e. The third-order valence-electron chi connectivity index (χ3n) is 3.16. The molecule has 4 nitrogen and oxygen atoms in total. The quantitative estimate of drug-likeness (QED) is 0.704. The van der Waals surface area contributed by atoms with Crippen LogP contribution in [0.25, 0.3) is 0 Å². The van der Waals surface area contributed by atoms with E-state index in [1.54, 1.807) is 0 Å². The minimum absolute atomic E-state index is 0.194. The Morgan fingerprint density at radius 3 is 2.27 bits per heavy atom. The van der Waals surface area contributed by atoms with E-state index >= 15 is 0 Å². The molecule has 0 spiro atoms. The molecule has 1 unspecified atom stereocenters. The van der Waals surface area contributed by atoms with Crippen molar-refractivity contribution in [2.45, 2.75) is 57.3 Å². The molecular formula is C11H21NO3. The Hall–Kier alpha value is -0.610. The predicted octanol–water partition coefficient (Wildman–Crippen LogP) is 1.22. The molecule has 0 aromatic carbocycles. The summed E-state index contributed by atoms with van der Waals surface area (Å²) < 4.78 is 10.5. The van der Waals surface area contributed by atoms with Crippen LogP contribution in [0.3, 0.4) is 0 Å². The monoisotopic (exact) mass is 215 g/mol. The summed E-state index contributed by atoms with van der Waals surface area (Å²) in [6, 6.07) is 0. The first kappa shape index (κ1) is 12.5. The Morgan fingerprint density at radius 1 is 1.40 bits per heavy atom. The van der Waals surface area contributed by atoms with Gasteiger partial charge in [-0.1, -0.05) is 0 Å². The molecular weight excluding hydrogens is 194 g/mol. The van der Waals surface area contributed by atoms with Crippen molar-refractivity contribution in [1.82, 2.24) is 0 Å². The number of nitrogens with two attached hydrogens (primary N) is 1. The van der Waals surface area contributed by atoms with Gasteiger partial charge in [0, 0.05) is 0 Å². The minimum Gasteiger partial charge on any atom is -0.469 e. The summed E-state index contributed by atoms with van der Waals surface area (Å²) in [4.78, 5) is 11.3. The van der Waals surface area contributed by atoms with Crippen LogP contribution in [0.15, 0.2) is 0 Å². The van der Waals surface area contributed by atoms with Crippen molar-refractivity contribution in [3.63, 3.8) is 0 Å². The fourth-order valence-corrected chi connectivity index (χ4v) is 2.41. The smallest absolute Gasteiger partial charge is 0.307 e. The zero-order chi connectivity index (χ0) is 11.9. The Kier molecular flexibility index (Phi) is 2.87. The molecule has 0 bridgehead atoms. The summed E-state index contributed by atoms with van der Waals surface area (Å²) in [7, 11) is 1.37. The molecule has 1 fully saturated rings. The van der Waals surface area contributed by atoms with Crippen LogP contribution in [-0.4, -0.2) is 29.8 Å². The predicted molar refractivity (Wildman–Crippen MR) is 57.4 cm³/mol. The van der Waals surface area contributed by atoms with E-state index in [-0.39, 0.29) is 18.0 Å². The first-order valence-electron chi connectivity index (χ1n) is 5.18. The van der Waals surface area contributed by atoms with Gasteiger partial charge < -0.3 is 15.2 Å². The maximum atomic E-state index is 11.3. The lowest BCUT2D eigenvalue weighted by atomic mass is 9.77. The second kappa shape index (κ2) is 3.46. The van der Waals surface area contributed by atoms with Gasteiger partial charge in [0.2, 0.25) is 0 Å². The molecule has 0 aromatic rings. The van der Waals surface area contributed by atoms with E-state index in [1.807, 2.05) is 27.7 Å². The normalized spacial score (nSPS) is 32.7. The molecule has 15 heavy (non-hydrogen) atoms. The highest BCUT2D eigenvalue weighted by Gasteiger charge is 2.55. The molecule has 4 heteroatoms. The number of hydrogen-bond acceptors (Lipinski definition) is 4. The maximum absolute atomic E-state index is 11.3. The van der Waals surface area contributed by atoms with Gasteiger partial charge in [-0.25, -0.2) is 0 Å². The second-order valence-corrected chi connectivity index (χ2v) is 5.46. The summed E-state index contributed by atoms with van der Waals surface area (Å²) in [5.74, 6) is -0.285. The molecule has 88 valence electrons. The van der Waals surface area contributed by atoms with Gasteiger partial charge in [-0.2, -0.15) is 0 Å². The molecule has 0 aliphatic carbocycles. The van der Waals surface area contributed by atoms with E-state index in [1.165, 1.54) is 7.11 Å². The van der Waals surface area contributed by atoms with E-state index < -0.39 is 11.1 Å². The van der Waals surface area contributed by atoms with Crippen molar-refractivity contribution in [1.29, 1.82) is 0 Å². The fraction of sp³-hybridized carbons (Fsp3) is 0.909. The summed E-state index contributed by atoms with van der Waals surface area (Å²) in [5, 5.41) is 0. The summed E-state index contributed by atoms with van der Waals surface area (Å²) in [6.07, 6.45) is 0.849. The van der Waals surface area contributed by atoms with Crippen LogP contribution in [0.5, 0.6) is 0 Å². The van der Waals surface area contributed by atoms with Gasteiger partial charge in [0.05, 0.1) is 30.3 Å². The summed E-state index contributed by atoms with van der Waals surface area (Å²) >= 11 is 0. The van der Waals surface area contributed by atoms with Gasteiger partial charge in [-0.3, -0.25) is 4.79 Å². The van der Waals surface area contributed by atoms with Gasteiger partial charge in [-0.15, -0.1) is 0 Å².